The lowest BCUT2D eigenvalue weighted by atomic mass is 9.97. The van der Waals surface area contributed by atoms with Crippen molar-refractivity contribution in [1.82, 2.24) is 5.32 Å². The quantitative estimate of drug-likeness (QED) is 0.445. The van der Waals surface area contributed by atoms with Crippen LogP contribution < -0.4 is 5.32 Å². The fourth-order valence-electron chi connectivity index (χ4n) is 1.29. The number of nitroso groups, excluding NO2 is 1. The van der Waals surface area contributed by atoms with Crippen LogP contribution in [0.5, 0.6) is 0 Å². The molecule has 0 aliphatic carbocycles. The molecule has 0 aromatic rings. The Kier molecular flexibility index (Phi) is 2.92. The Morgan fingerprint density at radius 3 is 2.82 bits per heavy atom. The molecule has 3 unspecified atom stereocenters. The summed E-state index contributed by atoms with van der Waals surface area (Å²) in [4.78, 5) is 10.2. The molecule has 0 saturated carbocycles. The third-order valence-electron chi connectivity index (χ3n) is 1.97. The SMILES string of the molecule is O=NC1C(O)CCNC1CO. The number of rotatable bonds is 2. The van der Waals surface area contributed by atoms with Crippen molar-refractivity contribution in [3.8, 4) is 0 Å². The molecule has 3 atom stereocenters. The Labute approximate surface area is 64.4 Å². The average Bonchev–Trinajstić information content (AvgIpc) is 2.04. The Balaban J connectivity index is 2.55. The van der Waals surface area contributed by atoms with Crippen LogP contribution in [0.3, 0.4) is 0 Å². The third kappa shape index (κ3) is 1.74. The normalized spacial score (nSPS) is 38.5. The second kappa shape index (κ2) is 3.75. The molecular formula is C6H12N2O3. The van der Waals surface area contributed by atoms with Gasteiger partial charge in [0, 0.05) is 0 Å². The van der Waals surface area contributed by atoms with E-state index in [1.54, 1.807) is 0 Å². The Bertz CT molecular complexity index is 142. The standard InChI is InChI=1S/C6H12N2O3/c9-3-4-6(8-11)5(10)1-2-7-4/h4-7,9-10H,1-3H2. The number of aliphatic hydroxyl groups is 2. The van der Waals surface area contributed by atoms with Crippen LogP contribution in [-0.4, -0.2) is 41.6 Å². The molecule has 5 heteroatoms. The number of piperidine rings is 1. The molecule has 0 aromatic carbocycles. The van der Waals surface area contributed by atoms with E-state index in [4.69, 9.17) is 5.11 Å². The number of hydrogen-bond acceptors (Lipinski definition) is 5. The molecule has 0 radical (unpaired) electrons. The topological polar surface area (TPSA) is 81.9 Å². The second-order valence-electron chi connectivity index (χ2n) is 2.70. The molecule has 11 heavy (non-hydrogen) atoms. The van der Waals surface area contributed by atoms with Gasteiger partial charge in [-0.1, -0.05) is 5.18 Å². The Morgan fingerprint density at radius 1 is 1.64 bits per heavy atom. The molecule has 0 spiro atoms. The first kappa shape index (κ1) is 8.58. The molecule has 5 nitrogen and oxygen atoms in total. The molecule has 1 rings (SSSR count). The highest BCUT2D eigenvalue weighted by Crippen LogP contribution is 2.12. The lowest BCUT2D eigenvalue weighted by molar-refractivity contribution is 0.0735. The first-order valence-corrected chi connectivity index (χ1v) is 3.64. The van der Waals surface area contributed by atoms with E-state index >= 15 is 0 Å². The van der Waals surface area contributed by atoms with E-state index in [2.05, 4.69) is 10.5 Å². The summed E-state index contributed by atoms with van der Waals surface area (Å²) in [7, 11) is 0. The van der Waals surface area contributed by atoms with E-state index in [1.807, 2.05) is 0 Å². The van der Waals surface area contributed by atoms with Gasteiger partial charge in [-0.05, 0) is 13.0 Å². The summed E-state index contributed by atoms with van der Waals surface area (Å²) in [5.41, 5.74) is 0. The minimum atomic E-state index is -0.703. The van der Waals surface area contributed by atoms with Gasteiger partial charge >= 0.3 is 0 Å². The molecule has 1 fully saturated rings. The van der Waals surface area contributed by atoms with Crippen molar-refractivity contribution in [2.45, 2.75) is 24.6 Å². The fraction of sp³-hybridized carbons (Fsp3) is 1.00. The van der Waals surface area contributed by atoms with Crippen LogP contribution >= 0.6 is 0 Å². The number of nitrogens with zero attached hydrogens (tertiary/aromatic N) is 1. The minimum Gasteiger partial charge on any atom is -0.395 e. The average molecular weight is 160 g/mol. The molecule has 0 aromatic heterocycles. The molecule has 1 saturated heterocycles. The molecule has 0 bridgehead atoms. The molecule has 3 N–H and O–H groups in total. The van der Waals surface area contributed by atoms with E-state index in [-0.39, 0.29) is 12.6 Å². The van der Waals surface area contributed by atoms with E-state index in [9.17, 15) is 10.0 Å². The predicted molar refractivity (Wildman–Crippen MR) is 39.1 cm³/mol. The van der Waals surface area contributed by atoms with Crippen LogP contribution in [0.1, 0.15) is 6.42 Å². The van der Waals surface area contributed by atoms with Gasteiger partial charge in [0.15, 0.2) is 0 Å². The van der Waals surface area contributed by atoms with Gasteiger partial charge in [0.05, 0.1) is 18.8 Å². The van der Waals surface area contributed by atoms with Gasteiger partial charge in [0.1, 0.15) is 6.04 Å². The maximum Gasteiger partial charge on any atom is 0.135 e. The van der Waals surface area contributed by atoms with Crippen molar-refractivity contribution in [2.24, 2.45) is 5.18 Å². The Morgan fingerprint density at radius 2 is 2.36 bits per heavy atom. The van der Waals surface area contributed by atoms with Crippen molar-refractivity contribution in [3.05, 3.63) is 4.91 Å². The van der Waals surface area contributed by atoms with E-state index in [0.29, 0.717) is 13.0 Å². The lowest BCUT2D eigenvalue weighted by Crippen LogP contribution is -2.53. The highest BCUT2D eigenvalue weighted by atomic mass is 16.3. The maximum absolute atomic E-state index is 10.2. The van der Waals surface area contributed by atoms with Gasteiger partial charge in [0.2, 0.25) is 0 Å². The zero-order valence-corrected chi connectivity index (χ0v) is 6.10. The fourth-order valence-corrected chi connectivity index (χ4v) is 1.29. The van der Waals surface area contributed by atoms with Crippen LogP contribution in [0.4, 0.5) is 0 Å². The van der Waals surface area contributed by atoms with E-state index in [0.717, 1.165) is 0 Å². The zero-order valence-electron chi connectivity index (χ0n) is 6.10. The van der Waals surface area contributed by atoms with Crippen molar-refractivity contribution >= 4 is 0 Å². The van der Waals surface area contributed by atoms with Crippen molar-refractivity contribution in [2.75, 3.05) is 13.2 Å². The first-order chi connectivity index (χ1) is 5.29. The molecule has 1 aliphatic rings. The predicted octanol–water partition coefficient (Wildman–Crippen LogP) is -1.16. The van der Waals surface area contributed by atoms with Crippen LogP contribution in [0.25, 0.3) is 0 Å². The molecule has 1 aliphatic heterocycles. The summed E-state index contributed by atoms with van der Waals surface area (Å²) in [5.74, 6) is 0. The van der Waals surface area contributed by atoms with Gasteiger partial charge < -0.3 is 15.5 Å². The van der Waals surface area contributed by atoms with Crippen molar-refractivity contribution < 1.29 is 10.2 Å². The zero-order chi connectivity index (χ0) is 8.27. The van der Waals surface area contributed by atoms with E-state index in [1.165, 1.54) is 0 Å². The van der Waals surface area contributed by atoms with Crippen molar-refractivity contribution in [3.63, 3.8) is 0 Å². The van der Waals surface area contributed by atoms with Crippen LogP contribution in [-0.2, 0) is 0 Å². The van der Waals surface area contributed by atoms with Crippen LogP contribution in [0.15, 0.2) is 5.18 Å². The number of aliphatic hydroxyl groups excluding tert-OH is 2. The number of nitrogens with one attached hydrogen (secondary N) is 1. The highest BCUT2D eigenvalue weighted by Gasteiger charge is 2.32. The lowest BCUT2D eigenvalue weighted by Gasteiger charge is -2.30. The largest absolute Gasteiger partial charge is 0.395 e. The molecule has 0 amide bonds. The van der Waals surface area contributed by atoms with Gasteiger partial charge in [0.25, 0.3) is 0 Å². The third-order valence-corrected chi connectivity index (χ3v) is 1.97. The monoisotopic (exact) mass is 160 g/mol. The van der Waals surface area contributed by atoms with Crippen LogP contribution in [0, 0.1) is 4.91 Å². The van der Waals surface area contributed by atoms with Gasteiger partial charge in [-0.3, -0.25) is 0 Å². The van der Waals surface area contributed by atoms with Gasteiger partial charge in [-0.2, -0.15) is 4.91 Å². The highest BCUT2D eigenvalue weighted by molar-refractivity contribution is 4.91. The van der Waals surface area contributed by atoms with E-state index < -0.39 is 12.1 Å². The molecule has 64 valence electrons. The smallest absolute Gasteiger partial charge is 0.135 e. The Hall–Kier alpha value is -0.520. The summed E-state index contributed by atoms with van der Waals surface area (Å²) in [5, 5.41) is 23.6. The number of hydrogen-bond donors (Lipinski definition) is 3. The summed E-state index contributed by atoms with van der Waals surface area (Å²) in [6.07, 6.45) is -0.182. The summed E-state index contributed by atoms with van der Waals surface area (Å²) >= 11 is 0. The summed E-state index contributed by atoms with van der Waals surface area (Å²) in [6, 6.07) is -1.08. The minimum absolute atomic E-state index is 0.159. The molecule has 1 heterocycles. The van der Waals surface area contributed by atoms with Gasteiger partial charge in [-0.15, -0.1) is 0 Å². The van der Waals surface area contributed by atoms with Gasteiger partial charge in [-0.25, -0.2) is 0 Å². The molecular weight excluding hydrogens is 148 g/mol. The summed E-state index contributed by atoms with van der Waals surface area (Å²) in [6.45, 7) is 0.464. The summed E-state index contributed by atoms with van der Waals surface area (Å²) < 4.78 is 0. The second-order valence-corrected chi connectivity index (χ2v) is 2.70. The first-order valence-electron chi connectivity index (χ1n) is 3.64. The maximum atomic E-state index is 10.2. The van der Waals surface area contributed by atoms with Crippen LogP contribution in [0.2, 0.25) is 0 Å². The van der Waals surface area contributed by atoms with Crippen molar-refractivity contribution in [1.29, 1.82) is 0 Å².